The molecule has 25 heavy (non-hydrogen) atoms. The number of ether oxygens (including phenoxy) is 1. The third-order valence-corrected chi connectivity index (χ3v) is 4.79. The zero-order valence-corrected chi connectivity index (χ0v) is 14.2. The summed E-state index contributed by atoms with van der Waals surface area (Å²) in [5.41, 5.74) is 6.51. The van der Waals surface area contributed by atoms with Crippen molar-refractivity contribution in [1.29, 1.82) is 0 Å². The van der Waals surface area contributed by atoms with Gasteiger partial charge in [-0.25, -0.2) is 9.78 Å². The van der Waals surface area contributed by atoms with Gasteiger partial charge in [0, 0.05) is 0 Å². The summed E-state index contributed by atoms with van der Waals surface area (Å²) in [6.07, 6.45) is 0. The molecular weight excluding hydrogens is 330 g/mol. The first-order chi connectivity index (χ1) is 12.3. The summed E-state index contributed by atoms with van der Waals surface area (Å²) in [6, 6.07) is 23.7. The molecule has 0 bridgehead atoms. The molecule has 0 aliphatic carbocycles. The van der Waals surface area contributed by atoms with Gasteiger partial charge in [0.05, 0.1) is 21.3 Å². The Bertz CT molecular complexity index is 1010. The van der Waals surface area contributed by atoms with Gasteiger partial charge in [-0.05, 0) is 34.9 Å². The number of esters is 1. The number of nitrogens with zero attached hydrogens (tertiary/aromatic N) is 1. The number of thiazole rings is 1. The van der Waals surface area contributed by atoms with Gasteiger partial charge in [-0.15, -0.1) is 11.3 Å². The van der Waals surface area contributed by atoms with E-state index in [-0.39, 0.29) is 12.6 Å². The van der Waals surface area contributed by atoms with Crippen LogP contribution in [0.2, 0.25) is 0 Å². The molecule has 0 saturated heterocycles. The minimum absolute atomic E-state index is 0.259. The number of hydrogen-bond acceptors (Lipinski definition) is 4. The van der Waals surface area contributed by atoms with E-state index < -0.39 is 0 Å². The monoisotopic (exact) mass is 345 g/mol. The van der Waals surface area contributed by atoms with Crippen molar-refractivity contribution in [3.05, 3.63) is 89.4 Å². The van der Waals surface area contributed by atoms with Gasteiger partial charge in [0.25, 0.3) is 0 Å². The minimum atomic E-state index is -0.317. The molecule has 0 spiro atoms. The number of hydrogen-bond donors (Lipinski definition) is 0. The second-order valence-corrected chi connectivity index (χ2v) is 6.56. The van der Waals surface area contributed by atoms with E-state index in [1.54, 1.807) is 11.6 Å². The fourth-order valence-electron chi connectivity index (χ4n) is 2.64. The predicted octanol–water partition coefficient (Wildman–Crippen LogP) is 5.32. The lowest BCUT2D eigenvalue weighted by Gasteiger charge is -2.07. The molecule has 0 amide bonds. The van der Waals surface area contributed by atoms with Crippen molar-refractivity contribution in [2.24, 2.45) is 0 Å². The number of carbonyl (C=O) groups is 1. The summed E-state index contributed by atoms with van der Waals surface area (Å²) < 4.78 is 6.42. The molecule has 0 radical (unpaired) electrons. The van der Waals surface area contributed by atoms with Gasteiger partial charge >= 0.3 is 5.97 Å². The van der Waals surface area contributed by atoms with E-state index in [0.717, 1.165) is 21.3 Å². The quantitative estimate of drug-likeness (QED) is 0.470. The smallest absolute Gasteiger partial charge is 0.338 e. The molecule has 122 valence electrons. The van der Waals surface area contributed by atoms with E-state index in [4.69, 9.17) is 4.74 Å². The number of aromatic nitrogens is 1. The molecule has 3 aromatic carbocycles. The van der Waals surface area contributed by atoms with E-state index in [0.29, 0.717) is 5.56 Å². The number of fused-ring (bicyclic) bond motifs is 1. The molecule has 0 unspecified atom stereocenters. The molecular formula is C21H15NO2S. The van der Waals surface area contributed by atoms with Crippen LogP contribution in [0.5, 0.6) is 0 Å². The number of carbonyl (C=O) groups excluding carboxylic acids is 1. The molecule has 0 saturated carbocycles. The van der Waals surface area contributed by atoms with Crippen LogP contribution in [0, 0.1) is 0 Å². The molecule has 0 aliphatic heterocycles. The summed E-state index contributed by atoms with van der Waals surface area (Å²) in [5, 5.41) is 0. The summed E-state index contributed by atoms with van der Waals surface area (Å²) in [7, 11) is 0. The number of rotatable bonds is 4. The molecule has 3 nitrogen and oxygen atoms in total. The van der Waals surface area contributed by atoms with Crippen LogP contribution in [0.3, 0.4) is 0 Å². The highest BCUT2D eigenvalue weighted by Crippen LogP contribution is 2.21. The Morgan fingerprint density at radius 2 is 1.68 bits per heavy atom. The van der Waals surface area contributed by atoms with Crippen molar-refractivity contribution < 1.29 is 9.53 Å². The highest BCUT2D eigenvalue weighted by molar-refractivity contribution is 7.16. The van der Waals surface area contributed by atoms with Crippen LogP contribution in [0.25, 0.3) is 21.3 Å². The molecule has 1 aromatic heterocycles. The summed E-state index contributed by atoms with van der Waals surface area (Å²) in [6.45, 7) is 0.259. The van der Waals surface area contributed by atoms with E-state index in [2.05, 4.69) is 17.1 Å². The zero-order chi connectivity index (χ0) is 17.1. The Kier molecular flexibility index (Phi) is 4.27. The third-order valence-electron chi connectivity index (χ3n) is 4.00. The SMILES string of the molecule is O=C(OCc1ccc(-c2ccccc2)cc1)c1ccc2ncsc2c1. The Morgan fingerprint density at radius 1 is 0.920 bits per heavy atom. The van der Waals surface area contributed by atoms with Gasteiger partial charge in [-0.1, -0.05) is 54.6 Å². The minimum Gasteiger partial charge on any atom is -0.457 e. The average molecular weight is 345 g/mol. The van der Waals surface area contributed by atoms with Gasteiger partial charge in [0.2, 0.25) is 0 Å². The third kappa shape index (κ3) is 3.44. The second-order valence-electron chi connectivity index (χ2n) is 5.67. The first kappa shape index (κ1) is 15.5. The number of benzene rings is 3. The first-order valence-electron chi connectivity index (χ1n) is 7.94. The standard InChI is InChI=1S/C21H15NO2S/c23-21(18-10-11-19-20(12-18)25-14-22-19)24-13-15-6-8-17(9-7-15)16-4-2-1-3-5-16/h1-12,14H,13H2. The van der Waals surface area contributed by atoms with E-state index >= 15 is 0 Å². The molecule has 0 fully saturated rings. The lowest BCUT2D eigenvalue weighted by Crippen LogP contribution is -2.05. The maximum absolute atomic E-state index is 12.2. The van der Waals surface area contributed by atoms with Gasteiger partial charge in [0.1, 0.15) is 6.61 Å². The molecule has 4 rings (SSSR count). The van der Waals surface area contributed by atoms with Crippen LogP contribution < -0.4 is 0 Å². The maximum Gasteiger partial charge on any atom is 0.338 e. The van der Waals surface area contributed by atoms with Gasteiger partial charge < -0.3 is 4.74 Å². The van der Waals surface area contributed by atoms with Crippen LogP contribution >= 0.6 is 11.3 Å². The Hall–Kier alpha value is -2.98. The van der Waals surface area contributed by atoms with E-state index in [9.17, 15) is 4.79 Å². The van der Waals surface area contributed by atoms with Crippen molar-refractivity contribution >= 4 is 27.5 Å². The summed E-state index contributed by atoms with van der Waals surface area (Å²) in [4.78, 5) is 16.4. The summed E-state index contributed by atoms with van der Waals surface area (Å²) >= 11 is 1.51. The fourth-order valence-corrected chi connectivity index (χ4v) is 3.35. The predicted molar refractivity (Wildman–Crippen MR) is 101 cm³/mol. The first-order valence-corrected chi connectivity index (χ1v) is 8.82. The van der Waals surface area contributed by atoms with Crippen LogP contribution in [0.15, 0.2) is 78.3 Å². The van der Waals surface area contributed by atoms with Gasteiger partial charge in [-0.2, -0.15) is 0 Å². The highest BCUT2D eigenvalue weighted by Gasteiger charge is 2.09. The molecule has 4 aromatic rings. The van der Waals surface area contributed by atoms with Crippen LogP contribution in [-0.2, 0) is 11.3 Å². The average Bonchev–Trinajstić information content (AvgIpc) is 3.15. The molecule has 0 aliphatic rings. The Labute approximate surface area is 149 Å². The van der Waals surface area contributed by atoms with Crippen molar-refractivity contribution in [2.45, 2.75) is 6.61 Å². The van der Waals surface area contributed by atoms with E-state index in [1.807, 2.05) is 54.6 Å². The summed E-state index contributed by atoms with van der Waals surface area (Å²) in [5.74, 6) is -0.317. The lowest BCUT2D eigenvalue weighted by molar-refractivity contribution is 0.0473. The maximum atomic E-state index is 12.2. The normalized spacial score (nSPS) is 10.7. The lowest BCUT2D eigenvalue weighted by atomic mass is 10.0. The van der Waals surface area contributed by atoms with Crippen molar-refractivity contribution in [3.8, 4) is 11.1 Å². The second kappa shape index (κ2) is 6.87. The van der Waals surface area contributed by atoms with Crippen LogP contribution in [0.1, 0.15) is 15.9 Å². The highest BCUT2D eigenvalue weighted by atomic mass is 32.1. The van der Waals surface area contributed by atoms with Crippen LogP contribution in [-0.4, -0.2) is 11.0 Å². The Morgan fingerprint density at radius 3 is 2.48 bits per heavy atom. The van der Waals surface area contributed by atoms with Crippen molar-refractivity contribution in [1.82, 2.24) is 4.98 Å². The van der Waals surface area contributed by atoms with Crippen molar-refractivity contribution in [3.63, 3.8) is 0 Å². The van der Waals surface area contributed by atoms with Crippen LogP contribution in [0.4, 0.5) is 0 Å². The topological polar surface area (TPSA) is 39.2 Å². The van der Waals surface area contributed by atoms with Gasteiger partial charge in [-0.3, -0.25) is 0 Å². The largest absolute Gasteiger partial charge is 0.457 e. The van der Waals surface area contributed by atoms with Gasteiger partial charge in [0.15, 0.2) is 0 Å². The molecule has 0 atom stereocenters. The zero-order valence-electron chi connectivity index (χ0n) is 13.4. The fraction of sp³-hybridized carbons (Fsp3) is 0.0476. The van der Waals surface area contributed by atoms with E-state index in [1.165, 1.54) is 16.9 Å². The molecule has 0 N–H and O–H groups in total. The molecule has 1 heterocycles. The van der Waals surface area contributed by atoms with Crippen molar-refractivity contribution in [2.75, 3.05) is 0 Å². The Balaban J connectivity index is 1.43. The molecule has 4 heteroatoms.